The molecule has 1 unspecified atom stereocenters. The number of nitrogen functional groups attached to an aromatic ring is 1. The Hall–Kier alpha value is -2.37. The SMILES string of the molecule is Nc1ccc(C(=O)OC(=O)C2Cc3ccccc3CN2)c(Cl)c1. The fraction of sp³-hybridized carbons (Fsp3) is 0.176. The van der Waals surface area contributed by atoms with E-state index in [4.69, 9.17) is 22.1 Å². The van der Waals surface area contributed by atoms with Crippen molar-refractivity contribution in [2.75, 3.05) is 5.73 Å². The highest BCUT2D eigenvalue weighted by Crippen LogP contribution is 2.21. The molecule has 0 aliphatic carbocycles. The molecule has 1 atom stereocenters. The van der Waals surface area contributed by atoms with Crippen LogP contribution in [0.5, 0.6) is 0 Å². The summed E-state index contributed by atoms with van der Waals surface area (Å²) in [4.78, 5) is 24.3. The maximum absolute atomic E-state index is 12.2. The molecule has 0 amide bonds. The lowest BCUT2D eigenvalue weighted by atomic mass is 9.96. The van der Waals surface area contributed by atoms with Gasteiger partial charge in [-0.3, -0.25) is 5.32 Å². The van der Waals surface area contributed by atoms with Crippen LogP contribution in [0.2, 0.25) is 5.02 Å². The van der Waals surface area contributed by atoms with E-state index in [0.29, 0.717) is 18.7 Å². The fourth-order valence-corrected chi connectivity index (χ4v) is 2.80. The van der Waals surface area contributed by atoms with Crippen molar-refractivity contribution in [2.24, 2.45) is 0 Å². The van der Waals surface area contributed by atoms with Crippen molar-refractivity contribution in [3.63, 3.8) is 0 Å². The van der Waals surface area contributed by atoms with Crippen molar-refractivity contribution in [1.82, 2.24) is 5.32 Å². The highest BCUT2D eigenvalue weighted by Gasteiger charge is 2.27. The van der Waals surface area contributed by atoms with Gasteiger partial charge in [0.2, 0.25) is 0 Å². The summed E-state index contributed by atoms with van der Waals surface area (Å²) in [7, 11) is 0. The number of anilines is 1. The second kappa shape index (κ2) is 6.40. The van der Waals surface area contributed by atoms with Gasteiger partial charge in [-0.25, -0.2) is 9.59 Å². The van der Waals surface area contributed by atoms with Crippen LogP contribution in [0, 0.1) is 0 Å². The van der Waals surface area contributed by atoms with Crippen LogP contribution in [0.25, 0.3) is 0 Å². The topological polar surface area (TPSA) is 81.4 Å². The van der Waals surface area contributed by atoms with Gasteiger partial charge in [-0.05, 0) is 35.7 Å². The first-order valence-electron chi connectivity index (χ1n) is 7.16. The molecule has 1 aliphatic heterocycles. The van der Waals surface area contributed by atoms with E-state index in [0.717, 1.165) is 11.1 Å². The average molecular weight is 331 g/mol. The minimum Gasteiger partial charge on any atom is -0.399 e. The highest BCUT2D eigenvalue weighted by molar-refractivity contribution is 6.34. The van der Waals surface area contributed by atoms with Gasteiger partial charge in [-0.2, -0.15) is 0 Å². The molecule has 1 aliphatic rings. The van der Waals surface area contributed by atoms with Gasteiger partial charge in [0.15, 0.2) is 0 Å². The third-order valence-electron chi connectivity index (χ3n) is 3.77. The maximum Gasteiger partial charge on any atom is 0.347 e. The lowest BCUT2D eigenvalue weighted by Crippen LogP contribution is -2.43. The number of carbonyl (C=O) groups is 2. The number of halogens is 1. The predicted molar refractivity (Wildman–Crippen MR) is 87.1 cm³/mol. The molecule has 0 fully saturated rings. The largest absolute Gasteiger partial charge is 0.399 e. The summed E-state index contributed by atoms with van der Waals surface area (Å²) in [5, 5.41) is 3.23. The summed E-state index contributed by atoms with van der Waals surface area (Å²) in [5.74, 6) is -1.39. The standard InChI is InChI=1S/C17H15ClN2O3/c18-14-8-12(19)5-6-13(14)16(21)23-17(22)15-7-10-3-1-2-4-11(10)9-20-15/h1-6,8,15,20H,7,9,19H2. The summed E-state index contributed by atoms with van der Waals surface area (Å²) in [6.45, 7) is 0.562. The molecular formula is C17H15ClN2O3. The Morgan fingerprint density at radius 2 is 1.91 bits per heavy atom. The van der Waals surface area contributed by atoms with E-state index < -0.39 is 18.0 Å². The highest BCUT2D eigenvalue weighted by atomic mass is 35.5. The monoisotopic (exact) mass is 330 g/mol. The molecule has 1 heterocycles. The molecule has 0 spiro atoms. The second-order valence-corrected chi connectivity index (χ2v) is 5.76. The Morgan fingerprint density at radius 3 is 2.65 bits per heavy atom. The van der Waals surface area contributed by atoms with Crippen LogP contribution in [0.15, 0.2) is 42.5 Å². The molecule has 0 bridgehead atoms. The first kappa shape index (κ1) is 15.5. The summed E-state index contributed by atoms with van der Waals surface area (Å²) >= 11 is 5.95. The predicted octanol–water partition coefficient (Wildman–Crippen LogP) is 2.32. The molecule has 118 valence electrons. The number of ether oxygens (including phenoxy) is 1. The Kier molecular flexibility index (Phi) is 4.32. The molecule has 23 heavy (non-hydrogen) atoms. The van der Waals surface area contributed by atoms with Crippen molar-refractivity contribution >= 4 is 29.2 Å². The Morgan fingerprint density at radius 1 is 1.17 bits per heavy atom. The van der Waals surface area contributed by atoms with E-state index in [2.05, 4.69) is 5.32 Å². The molecule has 5 nitrogen and oxygen atoms in total. The summed E-state index contributed by atoms with van der Waals surface area (Å²) < 4.78 is 4.95. The molecule has 2 aromatic rings. The number of hydrogen-bond acceptors (Lipinski definition) is 5. The molecule has 0 saturated carbocycles. The number of fused-ring (bicyclic) bond motifs is 1. The van der Waals surface area contributed by atoms with Gasteiger partial charge < -0.3 is 10.5 Å². The molecule has 6 heteroatoms. The normalized spacial score (nSPS) is 16.5. The number of benzene rings is 2. The Bertz CT molecular complexity index is 776. The van der Waals surface area contributed by atoms with Crippen molar-refractivity contribution < 1.29 is 14.3 Å². The zero-order chi connectivity index (χ0) is 16.4. The Labute approximate surface area is 138 Å². The van der Waals surface area contributed by atoms with Gasteiger partial charge in [0, 0.05) is 12.2 Å². The zero-order valence-corrected chi connectivity index (χ0v) is 13.0. The van der Waals surface area contributed by atoms with Crippen molar-refractivity contribution in [3.8, 4) is 0 Å². The molecule has 2 aromatic carbocycles. The minimum absolute atomic E-state index is 0.116. The smallest absolute Gasteiger partial charge is 0.347 e. The zero-order valence-electron chi connectivity index (χ0n) is 12.2. The number of esters is 2. The van der Waals surface area contributed by atoms with Gasteiger partial charge in [0.05, 0.1) is 10.6 Å². The van der Waals surface area contributed by atoms with Crippen LogP contribution < -0.4 is 11.1 Å². The quantitative estimate of drug-likeness (QED) is 0.502. The van der Waals surface area contributed by atoms with E-state index in [9.17, 15) is 9.59 Å². The van der Waals surface area contributed by atoms with E-state index in [1.54, 1.807) is 0 Å². The molecule has 0 saturated heterocycles. The van der Waals surface area contributed by atoms with Gasteiger partial charge in [0.25, 0.3) is 0 Å². The van der Waals surface area contributed by atoms with Crippen molar-refractivity contribution in [3.05, 3.63) is 64.2 Å². The molecular weight excluding hydrogens is 316 g/mol. The van der Waals surface area contributed by atoms with E-state index >= 15 is 0 Å². The molecule has 0 aromatic heterocycles. The lowest BCUT2D eigenvalue weighted by Gasteiger charge is -2.24. The molecule has 0 radical (unpaired) electrons. The van der Waals surface area contributed by atoms with Gasteiger partial charge in [-0.15, -0.1) is 0 Å². The van der Waals surface area contributed by atoms with Crippen LogP contribution in [-0.2, 0) is 22.5 Å². The fourth-order valence-electron chi connectivity index (χ4n) is 2.54. The number of carbonyl (C=O) groups excluding carboxylic acids is 2. The molecule has 3 rings (SSSR count). The lowest BCUT2D eigenvalue weighted by molar-refractivity contribution is -0.140. The summed E-state index contributed by atoms with van der Waals surface area (Å²) in [6.07, 6.45) is 0.484. The van der Waals surface area contributed by atoms with Crippen LogP contribution in [0.3, 0.4) is 0 Å². The maximum atomic E-state index is 12.2. The summed E-state index contributed by atoms with van der Waals surface area (Å²) in [6, 6.07) is 11.7. The second-order valence-electron chi connectivity index (χ2n) is 5.35. The van der Waals surface area contributed by atoms with Gasteiger partial charge in [0.1, 0.15) is 6.04 Å². The number of rotatable bonds is 2. The number of nitrogens with two attached hydrogens (primary N) is 1. The number of hydrogen-bond donors (Lipinski definition) is 2. The third kappa shape index (κ3) is 3.36. The number of nitrogens with one attached hydrogen (secondary N) is 1. The first-order valence-corrected chi connectivity index (χ1v) is 7.53. The Balaban J connectivity index is 1.69. The van der Waals surface area contributed by atoms with Crippen LogP contribution in [-0.4, -0.2) is 18.0 Å². The van der Waals surface area contributed by atoms with E-state index in [1.807, 2.05) is 24.3 Å². The van der Waals surface area contributed by atoms with Gasteiger partial charge >= 0.3 is 11.9 Å². The summed E-state index contributed by atoms with van der Waals surface area (Å²) in [5.41, 5.74) is 8.35. The van der Waals surface area contributed by atoms with E-state index in [-0.39, 0.29) is 10.6 Å². The van der Waals surface area contributed by atoms with E-state index in [1.165, 1.54) is 18.2 Å². The van der Waals surface area contributed by atoms with Crippen LogP contribution >= 0.6 is 11.6 Å². The first-order chi connectivity index (χ1) is 11.0. The van der Waals surface area contributed by atoms with Gasteiger partial charge in [-0.1, -0.05) is 35.9 Å². The molecule has 3 N–H and O–H groups in total. The minimum atomic E-state index is -0.777. The average Bonchev–Trinajstić information content (AvgIpc) is 2.54. The third-order valence-corrected chi connectivity index (χ3v) is 4.08. The van der Waals surface area contributed by atoms with Crippen LogP contribution in [0.1, 0.15) is 21.5 Å². The van der Waals surface area contributed by atoms with Crippen LogP contribution in [0.4, 0.5) is 5.69 Å². The van der Waals surface area contributed by atoms with Crippen molar-refractivity contribution in [1.29, 1.82) is 0 Å². The van der Waals surface area contributed by atoms with Crippen molar-refractivity contribution in [2.45, 2.75) is 19.0 Å².